The standard InChI is InChI=1S/C17H23ClN2O3/c1-2-14(21)11-19-5-7-20(8-6-19)17(22)16-10-12-9-13(18)3-4-15(12)23-16/h3-4,9,14,16,21H,2,5-8,10-11H2,1H3/t14-,16+/m1/s1. The lowest BCUT2D eigenvalue weighted by molar-refractivity contribution is -0.139. The van der Waals surface area contributed by atoms with Crippen LogP contribution in [0.25, 0.3) is 0 Å². The zero-order valence-corrected chi connectivity index (χ0v) is 14.1. The molecule has 6 heteroatoms. The predicted molar refractivity (Wildman–Crippen MR) is 88.9 cm³/mol. The lowest BCUT2D eigenvalue weighted by Crippen LogP contribution is -2.53. The van der Waals surface area contributed by atoms with E-state index in [2.05, 4.69) is 4.90 Å². The fraction of sp³-hybridized carbons (Fsp3) is 0.588. The van der Waals surface area contributed by atoms with Crippen molar-refractivity contribution in [2.45, 2.75) is 32.0 Å². The molecule has 0 bridgehead atoms. The summed E-state index contributed by atoms with van der Waals surface area (Å²) in [7, 11) is 0. The Labute approximate surface area is 141 Å². The molecule has 1 amide bonds. The van der Waals surface area contributed by atoms with Gasteiger partial charge in [-0.15, -0.1) is 0 Å². The average Bonchev–Trinajstić information content (AvgIpc) is 2.97. The lowest BCUT2D eigenvalue weighted by Gasteiger charge is -2.36. The van der Waals surface area contributed by atoms with Crippen molar-refractivity contribution >= 4 is 17.5 Å². The average molecular weight is 339 g/mol. The van der Waals surface area contributed by atoms with E-state index in [-0.39, 0.29) is 12.0 Å². The summed E-state index contributed by atoms with van der Waals surface area (Å²) in [6, 6.07) is 5.48. The predicted octanol–water partition coefficient (Wildman–Crippen LogP) is 1.56. The van der Waals surface area contributed by atoms with Crippen LogP contribution in [0.3, 0.4) is 0 Å². The lowest BCUT2D eigenvalue weighted by atomic mass is 10.1. The summed E-state index contributed by atoms with van der Waals surface area (Å²) >= 11 is 5.99. The van der Waals surface area contributed by atoms with E-state index in [0.717, 1.165) is 30.8 Å². The van der Waals surface area contributed by atoms with Crippen LogP contribution >= 0.6 is 11.6 Å². The van der Waals surface area contributed by atoms with E-state index >= 15 is 0 Å². The molecular weight excluding hydrogens is 316 g/mol. The number of aliphatic hydroxyl groups is 1. The third-order valence-electron chi connectivity index (χ3n) is 4.60. The molecule has 23 heavy (non-hydrogen) atoms. The highest BCUT2D eigenvalue weighted by Gasteiger charge is 2.34. The summed E-state index contributed by atoms with van der Waals surface area (Å²) in [6.45, 7) is 5.63. The molecule has 0 unspecified atom stereocenters. The Bertz CT molecular complexity index is 573. The number of nitrogens with zero attached hydrogens (tertiary/aromatic N) is 2. The molecule has 0 radical (unpaired) electrons. The Morgan fingerprint density at radius 1 is 1.39 bits per heavy atom. The molecule has 1 fully saturated rings. The van der Waals surface area contributed by atoms with Crippen LogP contribution in [0.2, 0.25) is 5.02 Å². The zero-order valence-electron chi connectivity index (χ0n) is 13.4. The highest BCUT2D eigenvalue weighted by Crippen LogP contribution is 2.31. The number of fused-ring (bicyclic) bond motifs is 1. The van der Waals surface area contributed by atoms with Crippen LogP contribution in [0.4, 0.5) is 0 Å². The minimum atomic E-state index is -0.434. The van der Waals surface area contributed by atoms with Gasteiger partial charge in [-0.2, -0.15) is 0 Å². The third-order valence-corrected chi connectivity index (χ3v) is 4.83. The third kappa shape index (κ3) is 3.79. The fourth-order valence-electron chi connectivity index (χ4n) is 3.14. The van der Waals surface area contributed by atoms with Crippen molar-refractivity contribution in [2.75, 3.05) is 32.7 Å². The highest BCUT2D eigenvalue weighted by molar-refractivity contribution is 6.30. The molecule has 1 N–H and O–H groups in total. The van der Waals surface area contributed by atoms with Crippen LogP contribution in [-0.2, 0) is 11.2 Å². The van der Waals surface area contributed by atoms with Gasteiger partial charge < -0.3 is 14.7 Å². The maximum absolute atomic E-state index is 12.6. The molecule has 2 atom stereocenters. The smallest absolute Gasteiger partial charge is 0.264 e. The molecule has 126 valence electrons. The summed E-state index contributed by atoms with van der Waals surface area (Å²) in [6.07, 6.45) is 0.630. The first-order chi connectivity index (χ1) is 11.1. The van der Waals surface area contributed by atoms with Crippen molar-refractivity contribution in [2.24, 2.45) is 0 Å². The van der Waals surface area contributed by atoms with E-state index in [1.165, 1.54) is 0 Å². The van der Waals surface area contributed by atoms with Gasteiger partial charge in [-0.05, 0) is 30.2 Å². The number of hydrogen-bond donors (Lipinski definition) is 1. The van der Waals surface area contributed by atoms with E-state index in [1.54, 1.807) is 6.07 Å². The Morgan fingerprint density at radius 3 is 2.83 bits per heavy atom. The molecule has 2 heterocycles. The van der Waals surface area contributed by atoms with Crippen LogP contribution in [0.5, 0.6) is 5.75 Å². The van der Waals surface area contributed by atoms with E-state index < -0.39 is 6.10 Å². The Hall–Kier alpha value is -1.30. The number of carbonyl (C=O) groups is 1. The first-order valence-corrected chi connectivity index (χ1v) is 8.59. The topological polar surface area (TPSA) is 53.0 Å². The van der Waals surface area contributed by atoms with E-state index in [0.29, 0.717) is 31.1 Å². The number of aliphatic hydroxyl groups excluding tert-OH is 1. The van der Waals surface area contributed by atoms with Crippen molar-refractivity contribution < 1.29 is 14.6 Å². The molecular formula is C17H23ClN2O3. The van der Waals surface area contributed by atoms with Gasteiger partial charge in [0.05, 0.1) is 6.10 Å². The van der Waals surface area contributed by atoms with Crippen molar-refractivity contribution in [1.82, 2.24) is 9.80 Å². The molecule has 1 aromatic carbocycles. The van der Waals surface area contributed by atoms with Gasteiger partial charge in [0.25, 0.3) is 5.91 Å². The first kappa shape index (κ1) is 16.6. The number of benzene rings is 1. The van der Waals surface area contributed by atoms with E-state index in [4.69, 9.17) is 16.3 Å². The number of amides is 1. The van der Waals surface area contributed by atoms with Gasteiger partial charge in [-0.3, -0.25) is 9.69 Å². The summed E-state index contributed by atoms with van der Waals surface area (Å²) < 4.78 is 5.78. The summed E-state index contributed by atoms with van der Waals surface area (Å²) in [4.78, 5) is 16.7. The van der Waals surface area contributed by atoms with Crippen LogP contribution < -0.4 is 4.74 Å². The molecule has 3 rings (SSSR count). The fourth-order valence-corrected chi connectivity index (χ4v) is 3.33. The SMILES string of the molecule is CC[C@@H](O)CN1CCN(C(=O)[C@@H]2Cc3cc(Cl)ccc3O2)CC1. The van der Waals surface area contributed by atoms with Gasteiger partial charge in [-0.25, -0.2) is 0 Å². The van der Waals surface area contributed by atoms with Crippen LogP contribution in [0, 0.1) is 0 Å². The van der Waals surface area contributed by atoms with Gasteiger partial charge in [0.1, 0.15) is 5.75 Å². The number of carbonyl (C=O) groups excluding carboxylic acids is 1. The number of halogens is 1. The highest BCUT2D eigenvalue weighted by atomic mass is 35.5. The van der Waals surface area contributed by atoms with Crippen LogP contribution in [0.15, 0.2) is 18.2 Å². The van der Waals surface area contributed by atoms with E-state index in [9.17, 15) is 9.90 Å². The minimum Gasteiger partial charge on any atom is -0.480 e. The summed E-state index contributed by atoms with van der Waals surface area (Å²) in [5.41, 5.74) is 1.00. The van der Waals surface area contributed by atoms with Gasteiger partial charge in [0, 0.05) is 44.2 Å². The summed E-state index contributed by atoms with van der Waals surface area (Å²) in [5, 5.41) is 10.4. The second-order valence-corrected chi connectivity index (χ2v) is 6.69. The van der Waals surface area contributed by atoms with Crippen LogP contribution in [-0.4, -0.2) is 65.7 Å². The largest absolute Gasteiger partial charge is 0.480 e. The number of piperazine rings is 1. The second kappa shape index (κ2) is 7.07. The van der Waals surface area contributed by atoms with Gasteiger partial charge in [0.15, 0.2) is 6.10 Å². The van der Waals surface area contributed by atoms with Gasteiger partial charge >= 0.3 is 0 Å². The second-order valence-electron chi connectivity index (χ2n) is 6.25. The van der Waals surface area contributed by atoms with Crippen molar-refractivity contribution in [3.05, 3.63) is 28.8 Å². The monoisotopic (exact) mass is 338 g/mol. The van der Waals surface area contributed by atoms with E-state index in [1.807, 2.05) is 24.0 Å². The van der Waals surface area contributed by atoms with Crippen molar-refractivity contribution in [3.63, 3.8) is 0 Å². The molecule has 0 aliphatic carbocycles. The normalized spacial score (nSPS) is 22.6. The molecule has 2 aliphatic heterocycles. The van der Waals surface area contributed by atoms with Crippen molar-refractivity contribution in [1.29, 1.82) is 0 Å². The van der Waals surface area contributed by atoms with Gasteiger partial charge in [-0.1, -0.05) is 18.5 Å². The Morgan fingerprint density at radius 2 is 2.13 bits per heavy atom. The molecule has 1 aromatic rings. The molecule has 0 saturated carbocycles. The zero-order chi connectivity index (χ0) is 16.4. The number of ether oxygens (including phenoxy) is 1. The number of hydrogen-bond acceptors (Lipinski definition) is 4. The van der Waals surface area contributed by atoms with Crippen LogP contribution in [0.1, 0.15) is 18.9 Å². The molecule has 5 nitrogen and oxygen atoms in total. The number of rotatable bonds is 4. The Kier molecular flexibility index (Phi) is 5.09. The number of β-amino-alcohol motifs (C(OH)–C–C–N with tert-alkyl or cyclic N) is 1. The Balaban J connectivity index is 1.53. The first-order valence-electron chi connectivity index (χ1n) is 8.21. The maximum atomic E-state index is 12.6. The molecule has 1 saturated heterocycles. The quantitative estimate of drug-likeness (QED) is 0.905. The van der Waals surface area contributed by atoms with Gasteiger partial charge in [0.2, 0.25) is 0 Å². The molecule has 2 aliphatic rings. The van der Waals surface area contributed by atoms with Crippen molar-refractivity contribution in [3.8, 4) is 5.75 Å². The molecule has 0 aromatic heterocycles. The maximum Gasteiger partial charge on any atom is 0.264 e. The summed E-state index contributed by atoms with van der Waals surface area (Å²) in [5.74, 6) is 0.811. The molecule has 0 spiro atoms. The minimum absolute atomic E-state index is 0.0491.